The summed E-state index contributed by atoms with van der Waals surface area (Å²) in [5, 5.41) is 13.4. The van der Waals surface area contributed by atoms with E-state index >= 15 is 0 Å². The number of hydrogen-bond acceptors (Lipinski definition) is 12. The lowest BCUT2D eigenvalue weighted by molar-refractivity contribution is -0.272. The molecule has 164 valence electrons. The zero-order chi connectivity index (χ0) is 22.1. The van der Waals surface area contributed by atoms with E-state index in [-0.39, 0.29) is 17.9 Å². The molecule has 0 saturated carbocycles. The zero-order valence-electron chi connectivity index (χ0n) is 16.3. The van der Waals surface area contributed by atoms with Crippen molar-refractivity contribution in [2.45, 2.75) is 34.7 Å². The van der Waals surface area contributed by atoms with Gasteiger partial charge in [-0.05, 0) is 6.07 Å². The Morgan fingerprint density at radius 2 is 2.35 bits per heavy atom. The minimum absolute atomic E-state index is 0.179. The zero-order valence-corrected chi connectivity index (χ0v) is 18.7. The number of hydrazine groups is 1. The van der Waals surface area contributed by atoms with E-state index < -0.39 is 17.6 Å². The van der Waals surface area contributed by atoms with Crippen LogP contribution in [0, 0.1) is 11.3 Å². The van der Waals surface area contributed by atoms with Gasteiger partial charge >= 0.3 is 0 Å². The summed E-state index contributed by atoms with van der Waals surface area (Å²) in [5.41, 5.74) is 12.5. The maximum absolute atomic E-state index is 9.39. The monoisotopic (exact) mass is 481 g/mol. The summed E-state index contributed by atoms with van der Waals surface area (Å²) in [7, 11) is 1.57. The van der Waals surface area contributed by atoms with Gasteiger partial charge in [-0.1, -0.05) is 23.4 Å². The van der Waals surface area contributed by atoms with Crippen LogP contribution in [0.5, 0.6) is 0 Å². The number of hydrogen-bond donors (Lipinski definition) is 3. The number of nitrogens with two attached hydrogens (primary N) is 3. The predicted octanol–water partition coefficient (Wildman–Crippen LogP) is 1.38. The molecule has 4 rings (SSSR count). The highest BCUT2D eigenvalue weighted by molar-refractivity contribution is 7.99. The minimum atomic E-state index is -0.508. The smallest absolute Gasteiger partial charge is 0.180 e. The molecule has 2 fully saturated rings. The third kappa shape index (κ3) is 4.44. The number of nitrogen functional groups attached to an aromatic ring is 1. The molecule has 2 aromatic rings. The van der Waals surface area contributed by atoms with Crippen molar-refractivity contribution in [1.29, 1.82) is 5.26 Å². The van der Waals surface area contributed by atoms with Gasteiger partial charge in [0.25, 0.3) is 0 Å². The Balaban J connectivity index is 1.60. The van der Waals surface area contributed by atoms with Crippen LogP contribution in [0.1, 0.15) is 11.4 Å². The number of fused-ring (bicyclic) bond motifs is 1. The topological polar surface area (TPSA) is 159 Å². The summed E-state index contributed by atoms with van der Waals surface area (Å²) in [4.78, 5) is 8.84. The second kappa shape index (κ2) is 9.17. The first-order valence-corrected chi connectivity index (χ1v) is 11.3. The molecule has 13 heteroatoms. The minimum Gasteiger partial charge on any atom is -0.396 e. The van der Waals surface area contributed by atoms with Gasteiger partial charge < -0.3 is 30.7 Å². The van der Waals surface area contributed by atoms with Crippen LogP contribution in [-0.4, -0.2) is 58.5 Å². The number of pyridine rings is 1. The number of rotatable bonds is 6. The van der Waals surface area contributed by atoms with Crippen LogP contribution in [0.2, 0.25) is 5.02 Å². The molecule has 2 aliphatic rings. The highest BCUT2D eigenvalue weighted by atomic mass is 35.5. The Morgan fingerprint density at radius 3 is 2.97 bits per heavy atom. The van der Waals surface area contributed by atoms with Crippen LogP contribution in [0.25, 0.3) is 5.70 Å². The fourth-order valence-electron chi connectivity index (χ4n) is 3.46. The summed E-state index contributed by atoms with van der Waals surface area (Å²) in [6, 6.07) is 3.35. The number of anilines is 1. The van der Waals surface area contributed by atoms with E-state index in [4.69, 9.17) is 43.1 Å². The summed E-state index contributed by atoms with van der Waals surface area (Å²) in [5.74, 6) is 6.39. The molecule has 31 heavy (non-hydrogen) atoms. The van der Waals surface area contributed by atoms with Gasteiger partial charge in [-0.2, -0.15) is 5.26 Å². The fraction of sp³-hybridized carbons (Fsp3) is 0.389. The van der Waals surface area contributed by atoms with Crippen LogP contribution < -0.4 is 17.3 Å². The molecule has 10 nitrogen and oxygen atoms in total. The van der Waals surface area contributed by atoms with Crippen molar-refractivity contribution < 1.29 is 14.2 Å². The van der Waals surface area contributed by atoms with E-state index in [1.807, 2.05) is 0 Å². The molecule has 5 unspecified atom stereocenters. The van der Waals surface area contributed by atoms with E-state index in [0.29, 0.717) is 33.0 Å². The van der Waals surface area contributed by atoms with E-state index in [0.717, 1.165) is 0 Å². The average molecular weight is 482 g/mol. The van der Waals surface area contributed by atoms with Crippen molar-refractivity contribution in [2.24, 2.45) is 11.6 Å². The van der Waals surface area contributed by atoms with Gasteiger partial charge in [-0.3, -0.25) is 0 Å². The molecule has 2 aromatic heterocycles. The Morgan fingerprint density at radius 1 is 1.55 bits per heavy atom. The van der Waals surface area contributed by atoms with E-state index in [9.17, 15) is 5.26 Å². The number of aromatic nitrogens is 2. The predicted molar refractivity (Wildman–Crippen MR) is 118 cm³/mol. The number of thiazole rings is 1. The molecule has 5 atom stereocenters. The molecule has 0 radical (unpaired) electrons. The van der Waals surface area contributed by atoms with Crippen molar-refractivity contribution in [3.8, 4) is 6.07 Å². The van der Waals surface area contributed by atoms with Crippen molar-refractivity contribution in [3.05, 3.63) is 40.3 Å². The summed E-state index contributed by atoms with van der Waals surface area (Å²) in [6.45, 7) is 0.434. The molecule has 2 saturated heterocycles. The van der Waals surface area contributed by atoms with Gasteiger partial charge in [-0.25, -0.2) is 15.8 Å². The number of halogens is 1. The Kier molecular flexibility index (Phi) is 6.54. The number of ether oxygens (including phenoxy) is 3. The van der Waals surface area contributed by atoms with Gasteiger partial charge in [0, 0.05) is 29.8 Å². The largest absolute Gasteiger partial charge is 0.396 e. The molecule has 0 amide bonds. The molecule has 0 spiro atoms. The maximum Gasteiger partial charge on any atom is 0.180 e. The third-order valence-electron chi connectivity index (χ3n) is 4.96. The summed E-state index contributed by atoms with van der Waals surface area (Å²) in [6.07, 6.45) is 2.02. The van der Waals surface area contributed by atoms with Crippen LogP contribution in [0.4, 0.5) is 5.13 Å². The SMILES string of the molecule is COC1C(Sc2cc(Cl)cnc2C#N)OC2COC2C1N(N)/C=C(\N)c1csc(N)n1. The highest BCUT2D eigenvalue weighted by Gasteiger charge is 2.53. The van der Waals surface area contributed by atoms with Gasteiger partial charge in [0.15, 0.2) is 10.8 Å². The van der Waals surface area contributed by atoms with E-state index in [1.54, 1.807) is 24.8 Å². The second-order valence-corrected chi connectivity index (χ2v) is 9.33. The lowest BCUT2D eigenvalue weighted by Gasteiger charge is -2.53. The summed E-state index contributed by atoms with van der Waals surface area (Å²) >= 11 is 8.68. The van der Waals surface area contributed by atoms with Gasteiger partial charge in [-0.15, -0.1) is 11.3 Å². The number of nitriles is 1. The molecule has 6 N–H and O–H groups in total. The summed E-state index contributed by atoms with van der Waals surface area (Å²) < 4.78 is 17.7. The lowest BCUT2D eigenvalue weighted by Crippen LogP contribution is -2.70. The first-order chi connectivity index (χ1) is 14.9. The van der Waals surface area contributed by atoms with Crippen molar-refractivity contribution in [2.75, 3.05) is 19.5 Å². The first kappa shape index (κ1) is 22.1. The van der Waals surface area contributed by atoms with E-state index in [1.165, 1.54) is 34.3 Å². The fourth-order valence-corrected chi connectivity index (χ4v) is 5.51. The number of methoxy groups -OCH3 is 1. The molecular formula is C18H20ClN7O3S2. The maximum atomic E-state index is 9.39. The van der Waals surface area contributed by atoms with Gasteiger partial charge in [0.2, 0.25) is 0 Å². The Labute approximate surface area is 191 Å². The van der Waals surface area contributed by atoms with Crippen LogP contribution in [0.15, 0.2) is 28.7 Å². The van der Waals surface area contributed by atoms with Crippen molar-refractivity contribution >= 4 is 45.5 Å². The van der Waals surface area contributed by atoms with Crippen LogP contribution in [0.3, 0.4) is 0 Å². The third-order valence-corrected chi connectivity index (χ3v) is 7.02. The lowest BCUT2D eigenvalue weighted by atomic mass is 9.93. The molecule has 0 aliphatic carbocycles. The molecule has 2 aliphatic heterocycles. The molecule has 0 bridgehead atoms. The number of nitrogens with zero attached hydrogens (tertiary/aromatic N) is 4. The standard InChI is InChI=1S/C18H20ClN7O3S2/c1-27-16-14(26(23)5-9(21)11-7-30-18(22)25-11)15-12(6-28-15)29-17(16)31-13-2-8(19)4-24-10(13)3-20/h2,4-5,7,12,14-17H,6,21,23H2,1H3,(H2,22,25)/b9-5-. The molecule has 0 aromatic carbocycles. The van der Waals surface area contributed by atoms with Crippen LogP contribution >= 0.6 is 34.7 Å². The molecular weight excluding hydrogens is 462 g/mol. The molecule has 4 heterocycles. The second-order valence-electron chi connectivity index (χ2n) is 6.86. The first-order valence-electron chi connectivity index (χ1n) is 9.15. The normalized spacial score (nSPS) is 27.8. The Hall–Kier alpha value is -2.11. The Bertz CT molecular complexity index is 1030. The van der Waals surface area contributed by atoms with Gasteiger partial charge in [0.05, 0.1) is 17.3 Å². The van der Waals surface area contributed by atoms with Crippen molar-refractivity contribution in [1.82, 2.24) is 15.0 Å². The van der Waals surface area contributed by atoms with Crippen LogP contribution in [-0.2, 0) is 14.2 Å². The van der Waals surface area contributed by atoms with Crippen molar-refractivity contribution in [3.63, 3.8) is 0 Å². The van der Waals surface area contributed by atoms with E-state index in [2.05, 4.69) is 16.0 Å². The average Bonchev–Trinajstić information content (AvgIpc) is 3.16. The number of thioether (sulfide) groups is 1. The quantitative estimate of drug-likeness (QED) is 0.404. The highest BCUT2D eigenvalue weighted by Crippen LogP contribution is 2.41. The van der Waals surface area contributed by atoms with Gasteiger partial charge in [0.1, 0.15) is 41.6 Å².